The molecule has 3 rings (SSSR count). The number of aryl methyl sites for hydroxylation is 1. The minimum atomic E-state index is -0.180. The van der Waals surface area contributed by atoms with E-state index in [1.807, 2.05) is 30.3 Å². The van der Waals surface area contributed by atoms with E-state index in [9.17, 15) is 4.79 Å². The Labute approximate surface area is 149 Å². The number of pyridine rings is 1. The lowest BCUT2D eigenvalue weighted by Gasteiger charge is -2.04. The molecular formula is C18H16ClN3OS. The van der Waals surface area contributed by atoms with Crippen LogP contribution in [-0.2, 0) is 6.42 Å². The molecule has 2 heterocycles. The normalized spacial score (nSPS) is 10.5. The van der Waals surface area contributed by atoms with Crippen molar-refractivity contribution in [2.45, 2.75) is 12.8 Å². The number of halogens is 1. The average Bonchev–Trinajstić information content (AvgIpc) is 3.02. The molecule has 2 aromatic heterocycles. The largest absolute Gasteiger partial charge is 0.351 e. The van der Waals surface area contributed by atoms with Crippen molar-refractivity contribution < 1.29 is 4.79 Å². The summed E-state index contributed by atoms with van der Waals surface area (Å²) in [6.07, 6.45) is 5.20. The first kappa shape index (κ1) is 16.6. The van der Waals surface area contributed by atoms with Crippen molar-refractivity contribution in [3.8, 4) is 10.6 Å². The summed E-state index contributed by atoms with van der Waals surface area (Å²) < 4.78 is 0. The molecule has 0 aliphatic heterocycles. The van der Waals surface area contributed by atoms with Crippen LogP contribution in [0.3, 0.4) is 0 Å². The van der Waals surface area contributed by atoms with Gasteiger partial charge in [-0.05, 0) is 30.5 Å². The monoisotopic (exact) mass is 357 g/mol. The van der Waals surface area contributed by atoms with Gasteiger partial charge in [-0.3, -0.25) is 9.78 Å². The van der Waals surface area contributed by atoms with Gasteiger partial charge in [-0.1, -0.05) is 41.9 Å². The lowest BCUT2D eigenvalue weighted by atomic mass is 10.1. The summed E-state index contributed by atoms with van der Waals surface area (Å²) >= 11 is 7.40. The molecule has 6 heteroatoms. The Bertz CT molecular complexity index is 806. The van der Waals surface area contributed by atoms with E-state index in [1.54, 1.807) is 12.4 Å². The van der Waals surface area contributed by atoms with Crippen LogP contribution in [0.2, 0.25) is 5.15 Å². The maximum atomic E-state index is 12.3. The summed E-state index contributed by atoms with van der Waals surface area (Å²) in [5.41, 5.74) is 2.12. The third-order valence-corrected chi connectivity index (χ3v) is 4.96. The highest BCUT2D eigenvalue weighted by Gasteiger charge is 2.17. The second-order valence-electron chi connectivity index (χ2n) is 5.23. The average molecular weight is 358 g/mol. The molecule has 122 valence electrons. The predicted octanol–water partition coefficient (Wildman–Crippen LogP) is 4.22. The van der Waals surface area contributed by atoms with Crippen LogP contribution in [0.5, 0.6) is 0 Å². The first-order valence-corrected chi connectivity index (χ1v) is 8.82. The van der Waals surface area contributed by atoms with Crippen LogP contribution >= 0.6 is 22.9 Å². The molecule has 0 radical (unpaired) electrons. The third kappa shape index (κ3) is 4.19. The molecule has 3 aromatic rings. The van der Waals surface area contributed by atoms with E-state index in [2.05, 4.69) is 27.4 Å². The molecule has 1 aromatic carbocycles. The summed E-state index contributed by atoms with van der Waals surface area (Å²) in [6.45, 7) is 0.601. The van der Waals surface area contributed by atoms with Gasteiger partial charge in [-0.25, -0.2) is 4.98 Å². The maximum absolute atomic E-state index is 12.3. The van der Waals surface area contributed by atoms with Crippen molar-refractivity contribution in [3.63, 3.8) is 0 Å². The Hall–Kier alpha value is -2.24. The van der Waals surface area contributed by atoms with E-state index in [0.717, 1.165) is 18.4 Å². The van der Waals surface area contributed by atoms with Crippen molar-refractivity contribution in [1.29, 1.82) is 0 Å². The Morgan fingerprint density at radius 1 is 1.17 bits per heavy atom. The number of amides is 1. The molecule has 24 heavy (non-hydrogen) atoms. The molecule has 0 fully saturated rings. The smallest absolute Gasteiger partial charge is 0.264 e. The van der Waals surface area contributed by atoms with Gasteiger partial charge in [0.15, 0.2) is 5.15 Å². The number of carbonyl (C=O) groups is 1. The quantitative estimate of drug-likeness (QED) is 0.672. The SMILES string of the molecule is O=C(NCCCc1ccccc1)c1sc(-c2cccnc2)nc1Cl. The highest BCUT2D eigenvalue weighted by atomic mass is 35.5. The topological polar surface area (TPSA) is 54.9 Å². The highest BCUT2D eigenvalue weighted by molar-refractivity contribution is 7.17. The minimum absolute atomic E-state index is 0.180. The fraction of sp³-hybridized carbons (Fsp3) is 0.167. The molecule has 4 nitrogen and oxygen atoms in total. The van der Waals surface area contributed by atoms with E-state index in [4.69, 9.17) is 11.6 Å². The maximum Gasteiger partial charge on any atom is 0.264 e. The second-order valence-corrected chi connectivity index (χ2v) is 6.58. The van der Waals surface area contributed by atoms with Gasteiger partial charge < -0.3 is 5.32 Å². The van der Waals surface area contributed by atoms with Gasteiger partial charge in [0.1, 0.15) is 9.88 Å². The Balaban J connectivity index is 1.56. The Morgan fingerprint density at radius 2 is 2.00 bits per heavy atom. The fourth-order valence-electron chi connectivity index (χ4n) is 2.27. The molecule has 0 unspecified atom stereocenters. The third-order valence-electron chi connectivity index (χ3n) is 3.47. The van der Waals surface area contributed by atoms with Crippen molar-refractivity contribution in [1.82, 2.24) is 15.3 Å². The van der Waals surface area contributed by atoms with Crippen LogP contribution in [-0.4, -0.2) is 22.4 Å². The molecule has 0 atom stereocenters. The van der Waals surface area contributed by atoms with Gasteiger partial charge in [0.05, 0.1) is 0 Å². The van der Waals surface area contributed by atoms with E-state index < -0.39 is 0 Å². The molecule has 1 N–H and O–H groups in total. The predicted molar refractivity (Wildman–Crippen MR) is 97.5 cm³/mol. The molecule has 0 aliphatic rings. The van der Waals surface area contributed by atoms with Crippen LogP contribution in [0.4, 0.5) is 0 Å². The number of nitrogens with one attached hydrogen (secondary N) is 1. The van der Waals surface area contributed by atoms with Crippen LogP contribution in [0.25, 0.3) is 10.6 Å². The van der Waals surface area contributed by atoms with Gasteiger partial charge in [0, 0.05) is 24.5 Å². The Kier molecular flexibility index (Phi) is 5.56. The summed E-state index contributed by atoms with van der Waals surface area (Å²) in [6, 6.07) is 13.9. The van der Waals surface area contributed by atoms with Gasteiger partial charge in [-0.2, -0.15) is 0 Å². The summed E-state index contributed by atoms with van der Waals surface area (Å²) in [7, 11) is 0. The molecule has 1 amide bonds. The molecule has 0 spiro atoms. The number of aromatic nitrogens is 2. The van der Waals surface area contributed by atoms with Gasteiger partial charge in [0.25, 0.3) is 5.91 Å². The lowest BCUT2D eigenvalue weighted by molar-refractivity contribution is 0.0957. The number of hydrogen-bond donors (Lipinski definition) is 1. The second kappa shape index (κ2) is 8.04. The van der Waals surface area contributed by atoms with Crippen LogP contribution in [0.1, 0.15) is 21.7 Å². The van der Waals surface area contributed by atoms with E-state index in [-0.39, 0.29) is 11.1 Å². The molecule has 0 aliphatic carbocycles. The summed E-state index contributed by atoms with van der Waals surface area (Å²) in [5, 5.41) is 3.84. The summed E-state index contributed by atoms with van der Waals surface area (Å²) in [5.74, 6) is -0.180. The van der Waals surface area contributed by atoms with Crippen LogP contribution in [0, 0.1) is 0 Å². The Morgan fingerprint density at radius 3 is 2.75 bits per heavy atom. The van der Waals surface area contributed by atoms with Crippen molar-refractivity contribution in [2.24, 2.45) is 0 Å². The molecule has 0 bridgehead atoms. The number of nitrogens with zero attached hydrogens (tertiary/aromatic N) is 2. The van der Waals surface area contributed by atoms with E-state index in [1.165, 1.54) is 16.9 Å². The zero-order chi connectivity index (χ0) is 16.8. The van der Waals surface area contributed by atoms with Gasteiger partial charge in [0.2, 0.25) is 0 Å². The van der Waals surface area contributed by atoms with Crippen molar-refractivity contribution in [3.05, 3.63) is 70.5 Å². The van der Waals surface area contributed by atoms with Gasteiger partial charge in [-0.15, -0.1) is 11.3 Å². The first-order chi connectivity index (χ1) is 11.7. The molecule has 0 saturated heterocycles. The molecule has 0 saturated carbocycles. The fourth-order valence-corrected chi connectivity index (χ4v) is 3.47. The van der Waals surface area contributed by atoms with Crippen LogP contribution < -0.4 is 5.32 Å². The number of rotatable bonds is 6. The minimum Gasteiger partial charge on any atom is -0.351 e. The number of carbonyl (C=O) groups excluding carboxylic acids is 1. The van der Waals surface area contributed by atoms with Gasteiger partial charge >= 0.3 is 0 Å². The first-order valence-electron chi connectivity index (χ1n) is 7.63. The highest BCUT2D eigenvalue weighted by Crippen LogP contribution is 2.30. The zero-order valence-corrected chi connectivity index (χ0v) is 14.5. The summed E-state index contributed by atoms with van der Waals surface area (Å²) in [4.78, 5) is 21.0. The zero-order valence-electron chi connectivity index (χ0n) is 12.9. The van der Waals surface area contributed by atoms with Crippen molar-refractivity contribution >= 4 is 28.8 Å². The number of hydrogen-bond acceptors (Lipinski definition) is 4. The number of benzene rings is 1. The van der Waals surface area contributed by atoms with Crippen molar-refractivity contribution in [2.75, 3.05) is 6.54 Å². The standard InChI is InChI=1S/C18H16ClN3OS/c19-16-15(24-18(22-16)14-9-5-10-20-12-14)17(23)21-11-4-8-13-6-2-1-3-7-13/h1-3,5-7,9-10,12H,4,8,11H2,(H,21,23). The van der Waals surface area contributed by atoms with E-state index in [0.29, 0.717) is 16.4 Å². The molecular weight excluding hydrogens is 342 g/mol. The lowest BCUT2D eigenvalue weighted by Crippen LogP contribution is -2.24. The van der Waals surface area contributed by atoms with E-state index >= 15 is 0 Å². The number of thiazole rings is 1. The van der Waals surface area contributed by atoms with Crippen LogP contribution in [0.15, 0.2) is 54.9 Å².